The molecule has 0 bridgehead atoms. The van der Waals surface area contributed by atoms with Gasteiger partial charge in [-0.15, -0.1) is 0 Å². The maximum Gasteiger partial charge on any atom is 0.220 e. The number of hydrogen-bond donors (Lipinski definition) is 2. The van der Waals surface area contributed by atoms with Gasteiger partial charge in [-0.2, -0.15) is 0 Å². The first-order chi connectivity index (χ1) is 8.31. The van der Waals surface area contributed by atoms with Gasteiger partial charge in [-0.1, -0.05) is 29.8 Å². The number of rotatable bonds is 5. The summed E-state index contributed by atoms with van der Waals surface area (Å²) in [7, 11) is 0. The first-order valence-corrected chi connectivity index (χ1v) is 6.45. The van der Waals surface area contributed by atoms with Crippen LogP contribution in [0.25, 0.3) is 0 Å². The van der Waals surface area contributed by atoms with Gasteiger partial charge < -0.3 is 11.1 Å². The van der Waals surface area contributed by atoms with E-state index < -0.39 is 0 Å². The summed E-state index contributed by atoms with van der Waals surface area (Å²) >= 11 is 0. The van der Waals surface area contributed by atoms with Crippen LogP contribution in [0.3, 0.4) is 0 Å². The van der Waals surface area contributed by atoms with Gasteiger partial charge in [-0.25, -0.2) is 0 Å². The number of carbonyl (C=O) groups excluding carboxylic acids is 1. The molecule has 1 atom stereocenters. The molecule has 0 saturated heterocycles. The van der Waals surface area contributed by atoms with E-state index >= 15 is 0 Å². The normalized spacial score (nSPS) is 13.2. The van der Waals surface area contributed by atoms with Gasteiger partial charge in [-0.3, -0.25) is 4.79 Å². The second-order valence-electron chi connectivity index (χ2n) is 5.56. The van der Waals surface area contributed by atoms with Crippen molar-refractivity contribution >= 4 is 5.91 Å². The minimum absolute atomic E-state index is 0.0545. The standard InChI is InChI=1S/C15H24N2O/c1-11-6-5-7-13(10-11)15(3,4)17-14(18)9-8-12(2)16/h5-7,10,12H,8-9,16H2,1-4H3,(H,17,18). The number of carbonyl (C=O) groups is 1. The molecule has 1 rings (SSSR count). The molecule has 1 aromatic carbocycles. The van der Waals surface area contributed by atoms with E-state index in [2.05, 4.69) is 24.4 Å². The second-order valence-corrected chi connectivity index (χ2v) is 5.56. The molecule has 0 fully saturated rings. The van der Waals surface area contributed by atoms with Gasteiger partial charge in [0.1, 0.15) is 0 Å². The molecule has 3 N–H and O–H groups in total. The SMILES string of the molecule is Cc1cccc(C(C)(C)NC(=O)CCC(C)N)c1. The van der Waals surface area contributed by atoms with Crippen LogP contribution in [0.2, 0.25) is 0 Å². The quantitative estimate of drug-likeness (QED) is 0.841. The predicted molar refractivity (Wildman–Crippen MR) is 75.2 cm³/mol. The fourth-order valence-electron chi connectivity index (χ4n) is 1.88. The Kier molecular flexibility index (Phi) is 4.91. The number of benzene rings is 1. The molecule has 0 radical (unpaired) electrons. The summed E-state index contributed by atoms with van der Waals surface area (Å²) in [5, 5.41) is 3.06. The zero-order valence-electron chi connectivity index (χ0n) is 11.8. The molecule has 0 heterocycles. The molecule has 0 aromatic heterocycles. The van der Waals surface area contributed by atoms with Crippen LogP contribution in [0.15, 0.2) is 24.3 Å². The van der Waals surface area contributed by atoms with E-state index in [0.29, 0.717) is 6.42 Å². The van der Waals surface area contributed by atoms with Gasteiger partial charge in [0, 0.05) is 12.5 Å². The van der Waals surface area contributed by atoms with E-state index in [-0.39, 0.29) is 17.5 Å². The van der Waals surface area contributed by atoms with Crippen LogP contribution in [0.4, 0.5) is 0 Å². The van der Waals surface area contributed by atoms with Gasteiger partial charge in [0.15, 0.2) is 0 Å². The molecule has 0 saturated carbocycles. The van der Waals surface area contributed by atoms with Crippen molar-refractivity contribution in [2.24, 2.45) is 5.73 Å². The minimum Gasteiger partial charge on any atom is -0.347 e. The Hall–Kier alpha value is -1.35. The van der Waals surface area contributed by atoms with Crippen molar-refractivity contribution in [1.82, 2.24) is 5.32 Å². The third kappa shape index (κ3) is 4.49. The lowest BCUT2D eigenvalue weighted by molar-refractivity contribution is -0.122. The largest absolute Gasteiger partial charge is 0.347 e. The van der Waals surface area contributed by atoms with Crippen LogP contribution in [0.1, 0.15) is 44.7 Å². The fourth-order valence-corrected chi connectivity index (χ4v) is 1.88. The van der Waals surface area contributed by atoms with Crippen molar-refractivity contribution < 1.29 is 4.79 Å². The van der Waals surface area contributed by atoms with E-state index in [0.717, 1.165) is 12.0 Å². The predicted octanol–water partition coefficient (Wildman–Crippen LogP) is 2.47. The first kappa shape index (κ1) is 14.7. The lowest BCUT2D eigenvalue weighted by atomic mass is 9.92. The summed E-state index contributed by atoms with van der Waals surface area (Å²) < 4.78 is 0. The lowest BCUT2D eigenvalue weighted by Crippen LogP contribution is -2.41. The topological polar surface area (TPSA) is 55.1 Å². The minimum atomic E-state index is -0.346. The smallest absolute Gasteiger partial charge is 0.220 e. The van der Waals surface area contributed by atoms with E-state index in [1.165, 1.54) is 5.56 Å². The van der Waals surface area contributed by atoms with Crippen molar-refractivity contribution in [2.45, 2.75) is 52.1 Å². The molecule has 1 aromatic rings. The Morgan fingerprint density at radius 2 is 2.11 bits per heavy atom. The Balaban J connectivity index is 2.67. The number of aryl methyl sites for hydroxylation is 1. The molecule has 0 aliphatic rings. The molecule has 3 heteroatoms. The number of hydrogen-bond acceptors (Lipinski definition) is 2. The van der Waals surface area contributed by atoms with Crippen LogP contribution in [0.5, 0.6) is 0 Å². The Labute approximate surface area is 110 Å². The number of nitrogens with two attached hydrogens (primary N) is 1. The van der Waals surface area contributed by atoms with Crippen LogP contribution in [0, 0.1) is 6.92 Å². The average molecular weight is 248 g/mol. The van der Waals surface area contributed by atoms with E-state index in [1.54, 1.807) is 0 Å². The zero-order valence-corrected chi connectivity index (χ0v) is 11.8. The Bertz CT molecular complexity index is 411. The number of nitrogens with one attached hydrogen (secondary N) is 1. The average Bonchev–Trinajstić information content (AvgIpc) is 2.26. The first-order valence-electron chi connectivity index (χ1n) is 6.45. The molecular formula is C15H24N2O. The molecule has 100 valence electrons. The summed E-state index contributed by atoms with van der Waals surface area (Å²) in [5.74, 6) is 0.0545. The maximum atomic E-state index is 11.9. The van der Waals surface area contributed by atoms with Crippen molar-refractivity contribution in [2.75, 3.05) is 0 Å². The van der Waals surface area contributed by atoms with E-state index in [4.69, 9.17) is 5.73 Å². The molecule has 18 heavy (non-hydrogen) atoms. The van der Waals surface area contributed by atoms with Gasteiger partial charge in [0.2, 0.25) is 5.91 Å². The zero-order chi connectivity index (χ0) is 13.8. The summed E-state index contributed by atoms with van der Waals surface area (Å²) in [4.78, 5) is 11.9. The van der Waals surface area contributed by atoms with E-state index in [9.17, 15) is 4.79 Å². The van der Waals surface area contributed by atoms with Gasteiger partial charge >= 0.3 is 0 Å². The van der Waals surface area contributed by atoms with Crippen LogP contribution in [-0.2, 0) is 10.3 Å². The fraction of sp³-hybridized carbons (Fsp3) is 0.533. The molecule has 0 aliphatic carbocycles. The van der Waals surface area contributed by atoms with Crippen molar-refractivity contribution in [3.63, 3.8) is 0 Å². The summed E-state index contributed by atoms with van der Waals surface area (Å²) in [6, 6.07) is 8.28. The Morgan fingerprint density at radius 1 is 1.44 bits per heavy atom. The molecular weight excluding hydrogens is 224 g/mol. The van der Waals surface area contributed by atoms with Crippen LogP contribution >= 0.6 is 0 Å². The van der Waals surface area contributed by atoms with Crippen molar-refractivity contribution in [3.8, 4) is 0 Å². The number of amides is 1. The maximum absolute atomic E-state index is 11.9. The molecule has 1 amide bonds. The molecule has 0 spiro atoms. The van der Waals surface area contributed by atoms with Gasteiger partial charge in [0.05, 0.1) is 5.54 Å². The van der Waals surface area contributed by atoms with Crippen LogP contribution in [-0.4, -0.2) is 11.9 Å². The highest BCUT2D eigenvalue weighted by molar-refractivity contribution is 5.77. The summed E-state index contributed by atoms with van der Waals surface area (Å²) in [6.45, 7) is 8.01. The van der Waals surface area contributed by atoms with Crippen LogP contribution < -0.4 is 11.1 Å². The molecule has 0 aliphatic heterocycles. The van der Waals surface area contributed by atoms with Crippen molar-refractivity contribution in [1.29, 1.82) is 0 Å². The third-order valence-electron chi connectivity index (χ3n) is 3.02. The van der Waals surface area contributed by atoms with Gasteiger partial charge in [-0.05, 0) is 39.7 Å². The monoisotopic (exact) mass is 248 g/mol. The van der Waals surface area contributed by atoms with E-state index in [1.807, 2.05) is 32.9 Å². The molecule has 3 nitrogen and oxygen atoms in total. The van der Waals surface area contributed by atoms with Gasteiger partial charge in [0.25, 0.3) is 0 Å². The summed E-state index contributed by atoms with van der Waals surface area (Å²) in [6.07, 6.45) is 1.20. The summed E-state index contributed by atoms with van der Waals surface area (Å²) in [5.41, 5.74) is 7.63. The second kappa shape index (κ2) is 6.01. The highest BCUT2D eigenvalue weighted by Gasteiger charge is 2.22. The third-order valence-corrected chi connectivity index (χ3v) is 3.02. The lowest BCUT2D eigenvalue weighted by Gasteiger charge is -2.27. The highest BCUT2D eigenvalue weighted by Crippen LogP contribution is 2.21. The molecule has 1 unspecified atom stereocenters. The highest BCUT2D eigenvalue weighted by atomic mass is 16.1. The van der Waals surface area contributed by atoms with Crippen molar-refractivity contribution in [3.05, 3.63) is 35.4 Å². The Morgan fingerprint density at radius 3 is 2.67 bits per heavy atom.